The molecule has 0 aromatic heterocycles. The molecular formula is C11H23NO4. The summed E-state index contributed by atoms with van der Waals surface area (Å²) in [5.41, 5.74) is 0. The molecule has 0 amide bonds. The highest BCUT2D eigenvalue weighted by molar-refractivity contribution is 4.80. The van der Waals surface area contributed by atoms with Crippen LogP contribution in [0.5, 0.6) is 0 Å². The van der Waals surface area contributed by atoms with Gasteiger partial charge in [-0.1, -0.05) is 0 Å². The number of nitrogens with one attached hydrogen (secondary N) is 1. The predicted molar refractivity (Wildman–Crippen MR) is 60.5 cm³/mol. The lowest BCUT2D eigenvalue weighted by molar-refractivity contribution is 0.0686. The molecule has 0 aliphatic carbocycles. The van der Waals surface area contributed by atoms with Crippen molar-refractivity contribution in [1.82, 2.24) is 5.32 Å². The van der Waals surface area contributed by atoms with E-state index in [1.807, 2.05) is 0 Å². The number of unbranched alkanes of at least 4 members (excludes halogenated alkanes) is 1. The van der Waals surface area contributed by atoms with E-state index in [4.69, 9.17) is 14.2 Å². The maximum absolute atomic E-state index is 9.46. The van der Waals surface area contributed by atoms with Crippen molar-refractivity contribution in [2.45, 2.75) is 25.0 Å². The van der Waals surface area contributed by atoms with Gasteiger partial charge in [-0.05, 0) is 19.4 Å². The van der Waals surface area contributed by atoms with Crippen molar-refractivity contribution in [2.24, 2.45) is 0 Å². The summed E-state index contributed by atoms with van der Waals surface area (Å²) in [7, 11) is 1.67. The molecule has 1 heterocycles. The fraction of sp³-hybridized carbons (Fsp3) is 1.00. The van der Waals surface area contributed by atoms with Gasteiger partial charge in [0.05, 0.1) is 38.6 Å². The lowest BCUT2D eigenvalue weighted by Crippen LogP contribution is -2.39. The minimum absolute atomic E-state index is 0.106. The zero-order valence-electron chi connectivity index (χ0n) is 9.98. The molecular weight excluding hydrogens is 210 g/mol. The molecule has 0 radical (unpaired) electrons. The van der Waals surface area contributed by atoms with Crippen molar-refractivity contribution >= 4 is 0 Å². The zero-order valence-corrected chi connectivity index (χ0v) is 9.98. The highest BCUT2D eigenvalue weighted by Crippen LogP contribution is 2.04. The van der Waals surface area contributed by atoms with Crippen LogP contribution in [-0.4, -0.2) is 63.9 Å². The SMILES string of the molecule is COCCOCCCCNC1COCC1O. The number of rotatable bonds is 9. The summed E-state index contributed by atoms with van der Waals surface area (Å²) in [5.74, 6) is 0. The Morgan fingerprint density at radius 1 is 1.25 bits per heavy atom. The molecule has 1 fully saturated rings. The highest BCUT2D eigenvalue weighted by atomic mass is 16.5. The highest BCUT2D eigenvalue weighted by Gasteiger charge is 2.24. The zero-order chi connectivity index (χ0) is 11.6. The quantitative estimate of drug-likeness (QED) is 0.539. The molecule has 0 aromatic rings. The van der Waals surface area contributed by atoms with Crippen LogP contribution in [0.2, 0.25) is 0 Å². The third-order valence-corrected chi connectivity index (χ3v) is 2.60. The van der Waals surface area contributed by atoms with Crippen LogP contribution in [-0.2, 0) is 14.2 Å². The first-order chi connectivity index (χ1) is 7.84. The molecule has 5 heteroatoms. The van der Waals surface area contributed by atoms with Crippen molar-refractivity contribution in [3.05, 3.63) is 0 Å². The average molecular weight is 233 g/mol. The van der Waals surface area contributed by atoms with Crippen molar-refractivity contribution in [3.63, 3.8) is 0 Å². The standard InChI is InChI=1S/C11H23NO4/c1-14-6-7-15-5-3-2-4-12-10-8-16-9-11(10)13/h10-13H,2-9H2,1H3. The molecule has 0 bridgehead atoms. The lowest BCUT2D eigenvalue weighted by Gasteiger charge is -2.14. The maximum Gasteiger partial charge on any atom is 0.0948 e. The number of aliphatic hydroxyl groups is 1. The normalized spacial score (nSPS) is 25.1. The number of hydrogen-bond acceptors (Lipinski definition) is 5. The minimum atomic E-state index is -0.349. The van der Waals surface area contributed by atoms with Crippen LogP contribution < -0.4 is 5.32 Å². The van der Waals surface area contributed by atoms with Crippen molar-refractivity contribution in [1.29, 1.82) is 0 Å². The van der Waals surface area contributed by atoms with E-state index in [0.29, 0.717) is 26.4 Å². The summed E-state index contributed by atoms with van der Waals surface area (Å²) in [6.07, 6.45) is 1.73. The van der Waals surface area contributed by atoms with Gasteiger partial charge in [0.25, 0.3) is 0 Å². The molecule has 1 aliphatic heterocycles. The predicted octanol–water partition coefficient (Wildman–Crippen LogP) is -0.221. The van der Waals surface area contributed by atoms with E-state index in [0.717, 1.165) is 26.0 Å². The first kappa shape index (κ1) is 13.9. The average Bonchev–Trinajstić information content (AvgIpc) is 2.68. The topological polar surface area (TPSA) is 60.0 Å². The maximum atomic E-state index is 9.46. The van der Waals surface area contributed by atoms with Crippen molar-refractivity contribution < 1.29 is 19.3 Å². The van der Waals surface area contributed by atoms with Gasteiger partial charge < -0.3 is 24.6 Å². The Morgan fingerprint density at radius 3 is 2.81 bits per heavy atom. The van der Waals surface area contributed by atoms with E-state index >= 15 is 0 Å². The fourth-order valence-electron chi connectivity index (χ4n) is 1.60. The van der Waals surface area contributed by atoms with Gasteiger partial charge in [0.1, 0.15) is 0 Å². The fourth-order valence-corrected chi connectivity index (χ4v) is 1.60. The van der Waals surface area contributed by atoms with Crippen LogP contribution in [0.15, 0.2) is 0 Å². The van der Waals surface area contributed by atoms with Crippen LogP contribution >= 0.6 is 0 Å². The lowest BCUT2D eigenvalue weighted by atomic mass is 10.2. The summed E-state index contributed by atoms with van der Waals surface area (Å²) in [4.78, 5) is 0. The molecule has 1 saturated heterocycles. The van der Waals surface area contributed by atoms with Gasteiger partial charge in [-0.2, -0.15) is 0 Å². The van der Waals surface area contributed by atoms with Gasteiger partial charge in [0.2, 0.25) is 0 Å². The summed E-state index contributed by atoms with van der Waals surface area (Å²) < 4.78 is 15.4. The third-order valence-electron chi connectivity index (χ3n) is 2.60. The van der Waals surface area contributed by atoms with Gasteiger partial charge in [-0.15, -0.1) is 0 Å². The van der Waals surface area contributed by atoms with E-state index < -0.39 is 0 Å². The number of hydrogen-bond donors (Lipinski definition) is 2. The number of aliphatic hydroxyl groups excluding tert-OH is 1. The molecule has 0 saturated carbocycles. The molecule has 16 heavy (non-hydrogen) atoms. The Bertz CT molecular complexity index is 168. The summed E-state index contributed by atoms with van der Waals surface area (Å²) in [6.45, 7) is 4.07. The second-order valence-corrected chi connectivity index (χ2v) is 3.98. The van der Waals surface area contributed by atoms with E-state index in [2.05, 4.69) is 5.32 Å². The van der Waals surface area contributed by atoms with Gasteiger partial charge in [-0.25, -0.2) is 0 Å². The van der Waals surface area contributed by atoms with Crippen LogP contribution in [0, 0.1) is 0 Å². The number of ether oxygens (including phenoxy) is 3. The van der Waals surface area contributed by atoms with E-state index in [1.165, 1.54) is 0 Å². The molecule has 1 aliphatic rings. The minimum Gasteiger partial charge on any atom is -0.389 e. The van der Waals surface area contributed by atoms with Gasteiger partial charge in [0.15, 0.2) is 0 Å². The summed E-state index contributed by atoms with van der Waals surface area (Å²) >= 11 is 0. The first-order valence-electron chi connectivity index (χ1n) is 5.90. The monoisotopic (exact) mass is 233 g/mol. The molecule has 5 nitrogen and oxygen atoms in total. The second-order valence-electron chi connectivity index (χ2n) is 3.98. The molecule has 1 rings (SSSR count). The van der Waals surface area contributed by atoms with Crippen LogP contribution in [0.3, 0.4) is 0 Å². The molecule has 2 N–H and O–H groups in total. The summed E-state index contributed by atoms with van der Waals surface area (Å²) in [6, 6.07) is 0.106. The Morgan fingerprint density at radius 2 is 2.12 bits per heavy atom. The van der Waals surface area contributed by atoms with Crippen LogP contribution in [0.25, 0.3) is 0 Å². The molecule has 0 spiro atoms. The Kier molecular flexibility index (Phi) is 7.71. The smallest absolute Gasteiger partial charge is 0.0948 e. The molecule has 0 aromatic carbocycles. The second kappa shape index (κ2) is 8.90. The van der Waals surface area contributed by atoms with E-state index in [9.17, 15) is 5.11 Å². The van der Waals surface area contributed by atoms with Crippen LogP contribution in [0.1, 0.15) is 12.8 Å². The third kappa shape index (κ3) is 5.77. The number of methoxy groups -OCH3 is 1. The van der Waals surface area contributed by atoms with Gasteiger partial charge in [-0.3, -0.25) is 0 Å². The Hall–Kier alpha value is -0.200. The Balaban J connectivity index is 1.81. The van der Waals surface area contributed by atoms with E-state index in [-0.39, 0.29) is 12.1 Å². The molecule has 2 atom stereocenters. The largest absolute Gasteiger partial charge is 0.389 e. The Labute approximate surface area is 97.1 Å². The first-order valence-corrected chi connectivity index (χ1v) is 5.90. The molecule has 96 valence electrons. The van der Waals surface area contributed by atoms with Crippen molar-refractivity contribution in [3.8, 4) is 0 Å². The van der Waals surface area contributed by atoms with Gasteiger partial charge >= 0.3 is 0 Å². The van der Waals surface area contributed by atoms with Crippen molar-refractivity contribution in [2.75, 3.05) is 46.7 Å². The van der Waals surface area contributed by atoms with E-state index in [1.54, 1.807) is 7.11 Å². The van der Waals surface area contributed by atoms with Gasteiger partial charge in [0, 0.05) is 13.7 Å². The van der Waals surface area contributed by atoms with Crippen LogP contribution in [0.4, 0.5) is 0 Å². The summed E-state index contributed by atoms with van der Waals surface area (Å²) in [5, 5.41) is 12.7. The molecule has 2 unspecified atom stereocenters.